The number of benzene rings is 1. The number of piperidine rings is 1. The number of imide groups is 2. The highest BCUT2D eigenvalue weighted by Gasteiger charge is 2.46. The van der Waals surface area contributed by atoms with E-state index in [0.29, 0.717) is 26.4 Å². The Morgan fingerprint density at radius 3 is 2.44 bits per heavy atom. The fraction of sp³-hybridized carbons (Fsp3) is 0.476. The topological polar surface area (TPSA) is 180 Å². The summed E-state index contributed by atoms with van der Waals surface area (Å²) in [5.74, 6) is -3.37. The fourth-order valence-electron chi connectivity index (χ4n) is 3.59. The largest absolute Gasteiger partial charge is 0.480 e. The van der Waals surface area contributed by atoms with Crippen molar-refractivity contribution in [2.24, 2.45) is 11.5 Å². The molecular formula is C21H27ClN4O8. The minimum Gasteiger partial charge on any atom is -0.480 e. The van der Waals surface area contributed by atoms with Crippen LogP contribution >= 0.6 is 12.4 Å². The van der Waals surface area contributed by atoms with E-state index in [-0.39, 0.29) is 55.2 Å². The van der Waals surface area contributed by atoms with Gasteiger partial charge in [-0.25, -0.2) is 0 Å². The van der Waals surface area contributed by atoms with E-state index in [0.717, 1.165) is 4.90 Å². The van der Waals surface area contributed by atoms with Crippen molar-refractivity contribution in [2.45, 2.75) is 31.4 Å². The molecule has 2 atom stereocenters. The summed E-state index contributed by atoms with van der Waals surface area (Å²) in [5, 5.41) is 2.14. The maximum atomic E-state index is 13.1. The normalized spacial score (nSPS) is 18.3. The Kier molecular flexibility index (Phi) is 9.93. The monoisotopic (exact) mass is 498 g/mol. The molecule has 0 aromatic heterocycles. The molecule has 1 saturated heterocycles. The summed E-state index contributed by atoms with van der Waals surface area (Å²) in [4.78, 5) is 62.3. The predicted octanol–water partition coefficient (Wildman–Crippen LogP) is -0.876. The number of amides is 5. The number of hydrogen-bond acceptors (Lipinski definition) is 9. The predicted molar refractivity (Wildman–Crippen MR) is 119 cm³/mol. The number of nitrogens with one attached hydrogen (secondary N) is 1. The quantitative estimate of drug-likeness (QED) is 0.243. The molecule has 2 unspecified atom stereocenters. The van der Waals surface area contributed by atoms with Gasteiger partial charge in [-0.3, -0.25) is 34.2 Å². The molecule has 0 aliphatic carbocycles. The highest BCUT2D eigenvalue weighted by atomic mass is 35.5. The number of carbonyl (C=O) groups excluding carboxylic acids is 5. The van der Waals surface area contributed by atoms with Gasteiger partial charge in [0.1, 0.15) is 11.8 Å². The van der Waals surface area contributed by atoms with Crippen LogP contribution < -0.4 is 21.5 Å². The van der Waals surface area contributed by atoms with E-state index in [1.807, 2.05) is 0 Å². The Hall–Kier alpha value is -3.06. The molecule has 0 saturated carbocycles. The first-order chi connectivity index (χ1) is 15.8. The number of fused-ring (bicyclic) bond motifs is 1. The summed E-state index contributed by atoms with van der Waals surface area (Å²) >= 11 is 0. The zero-order valence-corrected chi connectivity index (χ0v) is 19.1. The van der Waals surface area contributed by atoms with Crippen LogP contribution in [0.5, 0.6) is 5.75 Å². The summed E-state index contributed by atoms with van der Waals surface area (Å²) in [6.45, 7) is 1.60. The smallest absolute Gasteiger partial charge is 0.266 e. The molecule has 2 aliphatic rings. The van der Waals surface area contributed by atoms with Gasteiger partial charge in [0.25, 0.3) is 17.7 Å². The van der Waals surface area contributed by atoms with Crippen molar-refractivity contribution in [1.82, 2.24) is 10.2 Å². The lowest BCUT2D eigenvalue weighted by molar-refractivity contribution is -0.136. The second-order valence-electron chi connectivity index (χ2n) is 7.44. The lowest BCUT2D eigenvalue weighted by Gasteiger charge is -2.27. The molecule has 3 rings (SSSR count). The summed E-state index contributed by atoms with van der Waals surface area (Å²) in [6, 6.07) is 3.26. The van der Waals surface area contributed by atoms with Gasteiger partial charge in [-0.2, -0.15) is 0 Å². The van der Waals surface area contributed by atoms with Gasteiger partial charge in [0.2, 0.25) is 11.8 Å². The minimum atomic E-state index is -1.12. The van der Waals surface area contributed by atoms with Crippen molar-refractivity contribution in [3.8, 4) is 5.75 Å². The van der Waals surface area contributed by atoms with Gasteiger partial charge in [-0.1, -0.05) is 6.07 Å². The number of nitrogens with zero attached hydrogens (tertiary/aromatic N) is 1. The summed E-state index contributed by atoms with van der Waals surface area (Å²) in [5.41, 5.74) is 10.7. The molecule has 0 radical (unpaired) electrons. The molecular weight excluding hydrogens is 472 g/mol. The maximum absolute atomic E-state index is 13.1. The van der Waals surface area contributed by atoms with Crippen LogP contribution in [0.2, 0.25) is 0 Å². The second kappa shape index (κ2) is 12.4. The zero-order chi connectivity index (χ0) is 24.0. The van der Waals surface area contributed by atoms with Crippen molar-refractivity contribution < 1.29 is 38.2 Å². The molecule has 1 fully saturated rings. The van der Waals surface area contributed by atoms with Crippen LogP contribution in [0.4, 0.5) is 0 Å². The standard InChI is InChI=1S/C21H26N4O8.ClH/c22-7-9-32-11-10-31-8-6-15(18(23)27)33-14-3-1-2-12-17(14)21(30)25(20(12)29)13-4-5-16(26)24-19(13)28;/h1-3,13,15H,4-11,22H2,(H2,23,27)(H,24,26,28);1H. The molecule has 2 heterocycles. The third-order valence-electron chi connectivity index (χ3n) is 5.18. The fourth-order valence-corrected chi connectivity index (χ4v) is 3.59. The molecule has 1 aromatic rings. The van der Waals surface area contributed by atoms with Crippen molar-refractivity contribution >= 4 is 41.9 Å². The van der Waals surface area contributed by atoms with Crippen LogP contribution in [-0.4, -0.2) is 79.6 Å². The lowest BCUT2D eigenvalue weighted by atomic mass is 10.0. The zero-order valence-electron chi connectivity index (χ0n) is 18.3. The first-order valence-corrected chi connectivity index (χ1v) is 10.5. The van der Waals surface area contributed by atoms with E-state index in [9.17, 15) is 24.0 Å². The number of hydrogen-bond donors (Lipinski definition) is 3. The number of carbonyl (C=O) groups is 5. The van der Waals surface area contributed by atoms with E-state index in [1.54, 1.807) is 0 Å². The molecule has 34 heavy (non-hydrogen) atoms. The summed E-state index contributed by atoms with van der Waals surface area (Å²) in [6.07, 6.45) is -0.972. The van der Waals surface area contributed by atoms with E-state index in [1.165, 1.54) is 18.2 Å². The Morgan fingerprint density at radius 2 is 1.79 bits per heavy atom. The molecule has 0 bridgehead atoms. The highest BCUT2D eigenvalue weighted by molar-refractivity contribution is 6.24. The number of nitrogens with two attached hydrogens (primary N) is 2. The highest BCUT2D eigenvalue weighted by Crippen LogP contribution is 2.34. The first-order valence-electron chi connectivity index (χ1n) is 10.5. The molecule has 5 N–H and O–H groups in total. The van der Waals surface area contributed by atoms with Gasteiger partial charge in [-0.15, -0.1) is 12.4 Å². The second-order valence-corrected chi connectivity index (χ2v) is 7.44. The Balaban J connectivity index is 0.00000408. The van der Waals surface area contributed by atoms with Gasteiger partial charge in [0, 0.05) is 19.4 Å². The van der Waals surface area contributed by atoms with Crippen molar-refractivity contribution in [2.75, 3.05) is 33.0 Å². The minimum absolute atomic E-state index is 0. The SMILES string of the molecule is Cl.NCCOCCOCCC(Oc1cccc2c1C(=O)N(C1CCC(=O)NC1=O)C2=O)C(N)=O. The van der Waals surface area contributed by atoms with Crippen LogP contribution in [0.25, 0.3) is 0 Å². The van der Waals surface area contributed by atoms with Gasteiger partial charge in [0.15, 0.2) is 6.10 Å². The van der Waals surface area contributed by atoms with Crippen LogP contribution in [0, 0.1) is 0 Å². The van der Waals surface area contributed by atoms with Crippen molar-refractivity contribution in [1.29, 1.82) is 0 Å². The Labute approximate surface area is 201 Å². The summed E-state index contributed by atoms with van der Waals surface area (Å²) < 4.78 is 16.3. The molecule has 13 heteroatoms. The number of halogens is 1. The lowest BCUT2D eigenvalue weighted by Crippen LogP contribution is -2.54. The van der Waals surface area contributed by atoms with Crippen molar-refractivity contribution in [3.63, 3.8) is 0 Å². The maximum Gasteiger partial charge on any atom is 0.266 e. The number of ether oxygens (including phenoxy) is 3. The third-order valence-corrected chi connectivity index (χ3v) is 5.18. The van der Waals surface area contributed by atoms with E-state index < -0.39 is 41.7 Å². The van der Waals surface area contributed by atoms with E-state index in [2.05, 4.69) is 5.32 Å². The van der Waals surface area contributed by atoms with Crippen LogP contribution in [0.3, 0.4) is 0 Å². The molecule has 186 valence electrons. The number of primary amides is 1. The van der Waals surface area contributed by atoms with E-state index >= 15 is 0 Å². The Morgan fingerprint density at radius 1 is 1.09 bits per heavy atom. The van der Waals surface area contributed by atoms with Crippen LogP contribution in [-0.2, 0) is 23.9 Å². The molecule has 0 spiro atoms. The Bertz CT molecular complexity index is 957. The summed E-state index contributed by atoms with van der Waals surface area (Å²) in [7, 11) is 0. The van der Waals surface area contributed by atoms with Gasteiger partial charge >= 0.3 is 0 Å². The molecule has 12 nitrogen and oxygen atoms in total. The molecule has 2 aliphatic heterocycles. The number of rotatable bonds is 12. The van der Waals surface area contributed by atoms with Crippen LogP contribution in [0.15, 0.2) is 18.2 Å². The average molecular weight is 499 g/mol. The van der Waals surface area contributed by atoms with Gasteiger partial charge in [0.05, 0.1) is 37.6 Å². The first kappa shape index (κ1) is 27.2. The van der Waals surface area contributed by atoms with Gasteiger partial charge < -0.3 is 25.7 Å². The van der Waals surface area contributed by atoms with Gasteiger partial charge in [-0.05, 0) is 18.6 Å². The van der Waals surface area contributed by atoms with Crippen LogP contribution in [0.1, 0.15) is 40.0 Å². The third kappa shape index (κ3) is 6.08. The molecule has 1 aromatic carbocycles. The molecule has 5 amide bonds. The van der Waals surface area contributed by atoms with E-state index in [4.69, 9.17) is 25.7 Å². The average Bonchev–Trinajstić information content (AvgIpc) is 3.03. The van der Waals surface area contributed by atoms with Crippen molar-refractivity contribution in [3.05, 3.63) is 29.3 Å².